The highest BCUT2D eigenvalue weighted by atomic mass is 32.2. The van der Waals surface area contributed by atoms with E-state index in [9.17, 15) is 9.18 Å². The van der Waals surface area contributed by atoms with Crippen molar-refractivity contribution in [1.29, 1.82) is 0 Å². The van der Waals surface area contributed by atoms with Crippen LogP contribution in [0.3, 0.4) is 0 Å². The first-order valence-electron chi connectivity index (χ1n) is 13.0. The molecule has 3 aromatic heterocycles. The third kappa shape index (κ3) is 5.15. The van der Waals surface area contributed by atoms with Crippen molar-refractivity contribution in [3.63, 3.8) is 0 Å². The molecule has 0 radical (unpaired) electrons. The lowest BCUT2D eigenvalue weighted by Crippen LogP contribution is -2.29. The molecule has 37 heavy (non-hydrogen) atoms. The summed E-state index contributed by atoms with van der Waals surface area (Å²) < 4.78 is 20.6. The van der Waals surface area contributed by atoms with E-state index in [0.717, 1.165) is 58.5 Å². The molecule has 0 aliphatic heterocycles. The molecule has 5 nitrogen and oxygen atoms in total. The van der Waals surface area contributed by atoms with Crippen LogP contribution < -0.4 is 5.56 Å². The fraction of sp³-hybridized carbons (Fsp3) is 0.483. The Morgan fingerprint density at radius 3 is 2.68 bits per heavy atom. The predicted octanol–water partition coefficient (Wildman–Crippen LogP) is 7.28. The molecule has 1 aromatic carbocycles. The smallest absolute Gasteiger partial charge is 0.263 e. The highest BCUT2D eigenvalue weighted by molar-refractivity contribution is 7.98. The van der Waals surface area contributed by atoms with E-state index in [0.29, 0.717) is 29.8 Å². The molecule has 0 saturated heterocycles. The Bertz CT molecular complexity index is 1460. The van der Waals surface area contributed by atoms with Crippen molar-refractivity contribution in [1.82, 2.24) is 14.7 Å². The van der Waals surface area contributed by atoms with Gasteiger partial charge < -0.3 is 4.52 Å². The van der Waals surface area contributed by atoms with E-state index in [4.69, 9.17) is 9.51 Å². The maximum Gasteiger partial charge on any atom is 0.263 e. The van der Waals surface area contributed by atoms with Gasteiger partial charge in [-0.2, -0.15) is 0 Å². The summed E-state index contributed by atoms with van der Waals surface area (Å²) in [4.78, 5) is 21.3. The number of thioether (sulfide) groups is 1. The molecule has 3 heterocycles. The summed E-state index contributed by atoms with van der Waals surface area (Å²) >= 11 is 3.26. The normalized spacial score (nSPS) is 15.9. The average Bonchev–Trinajstić information content (AvgIpc) is 3.41. The number of hydrogen-bond donors (Lipinski definition) is 0. The Balaban J connectivity index is 1.53. The van der Waals surface area contributed by atoms with Gasteiger partial charge >= 0.3 is 0 Å². The minimum Gasteiger partial charge on any atom is -0.361 e. The number of aryl methyl sites for hydroxylation is 4. The molecule has 1 aliphatic carbocycles. The van der Waals surface area contributed by atoms with Gasteiger partial charge in [0.1, 0.15) is 16.4 Å². The fourth-order valence-electron chi connectivity index (χ4n) is 5.24. The van der Waals surface area contributed by atoms with Crippen LogP contribution in [0.4, 0.5) is 4.39 Å². The summed E-state index contributed by atoms with van der Waals surface area (Å²) in [6, 6.07) is 6.50. The van der Waals surface area contributed by atoms with Gasteiger partial charge in [0.25, 0.3) is 5.56 Å². The molecule has 1 atom stereocenters. The number of rotatable bonds is 8. The molecule has 0 bridgehead atoms. The van der Waals surface area contributed by atoms with Crippen molar-refractivity contribution < 1.29 is 8.91 Å². The first kappa shape index (κ1) is 26.2. The van der Waals surface area contributed by atoms with E-state index in [2.05, 4.69) is 25.9 Å². The fourth-order valence-corrected chi connectivity index (χ4v) is 7.76. The molecule has 5 rings (SSSR count). The number of benzene rings is 1. The molecule has 0 saturated carbocycles. The molecular formula is C29H34FN3O2S2. The first-order chi connectivity index (χ1) is 17.7. The second-order valence-electron chi connectivity index (χ2n) is 10.8. The van der Waals surface area contributed by atoms with Gasteiger partial charge in [0.2, 0.25) is 0 Å². The maximum absolute atomic E-state index is 14.0. The van der Waals surface area contributed by atoms with Crippen LogP contribution in [-0.2, 0) is 31.6 Å². The monoisotopic (exact) mass is 539 g/mol. The van der Waals surface area contributed by atoms with Gasteiger partial charge in [-0.3, -0.25) is 9.36 Å². The van der Waals surface area contributed by atoms with E-state index in [1.807, 2.05) is 18.4 Å². The third-order valence-electron chi connectivity index (χ3n) is 8.21. The topological polar surface area (TPSA) is 60.9 Å². The van der Waals surface area contributed by atoms with Gasteiger partial charge in [-0.1, -0.05) is 56.2 Å². The molecule has 1 aliphatic rings. The largest absolute Gasteiger partial charge is 0.361 e. The molecular weight excluding hydrogens is 505 g/mol. The van der Waals surface area contributed by atoms with Gasteiger partial charge in [-0.25, -0.2) is 9.37 Å². The van der Waals surface area contributed by atoms with E-state index >= 15 is 0 Å². The Morgan fingerprint density at radius 1 is 1.24 bits per heavy atom. The zero-order valence-electron chi connectivity index (χ0n) is 22.2. The second kappa shape index (κ2) is 10.4. The van der Waals surface area contributed by atoms with Crippen molar-refractivity contribution in [2.75, 3.05) is 0 Å². The maximum atomic E-state index is 14.0. The lowest BCUT2D eigenvalue weighted by molar-refractivity contribution is 0.184. The molecule has 8 heteroatoms. The number of halogens is 1. The van der Waals surface area contributed by atoms with E-state index in [1.54, 1.807) is 35.2 Å². The van der Waals surface area contributed by atoms with E-state index in [-0.39, 0.29) is 16.8 Å². The first-order valence-corrected chi connectivity index (χ1v) is 14.8. The number of hydrogen-bond acceptors (Lipinski definition) is 6. The SMILES string of the molecule is CCC(C)(C)C1CCc2c(sc3nc(SCc4c(C)noc4C)n(CCc4ccc(F)cc4)c(=O)c23)C1. The Kier molecular flexibility index (Phi) is 7.33. The minimum atomic E-state index is -0.255. The molecule has 0 N–H and O–H groups in total. The summed E-state index contributed by atoms with van der Waals surface area (Å²) in [6.07, 6.45) is 4.84. The second-order valence-corrected chi connectivity index (χ2v) is 12.8. The zero-order chi connectivity index (χ0) is 26.3. The van der Waals surface area contributed by atoms with Crippen LogP contribution in [0.2, 0.25) is 0 Å². The lowest BCUT2D eigenvalue weighted by Gasteiger charge is -2.36. The Hall–Kier alpha value is -2.45. The summed E-state index contributed by atoms with van der Waals surface area (Å²) in [5.74, 6) is 1.79. The standard InChI is InChI=1S/C29H34FN3O2S2/c1-6-29(4,5)20-9-12-22-24(15-20)37-26-25(22)27(34)33(14-13-19-7-10-21(30)11-8-19)28(31-26)36-16-23-17(2)32-35-18(23)3/h7-8,10-11,20H,6,9,12-16H2,1-5H3. The van der Waals surface area contributed by atoms with Crippen LogP contribution in [0.1, 0.15) is 66.6 Å². The van der Waals surface area contributed by atoms with E-state index < -0.39 is 0 Å². The minimum absolute atomic E-state index is 0.0408. The molecule has 196 valence electrons. The molecule has 0 spiro atoms. The van der Waals surface area contributed by atoms with Crippen LogP contribution in [0.25, 0.3) is 10.2 Å². The van der Waals surface area contributed by atoms with Crippen molar-refractivity contribution in [3.05, 3.63) is 73.5 Å². The van der Waals surface area contributed by atoms with Gasteiger partial charge in [0.05, 0.1) is 11.1 Å². The number of fused-ring (bicyclic) bond motifs is 3. The van der Waals surface area contributed by atoms with Gasteiger partial charge in [0, 0.05) is 22.7 Å². The van der Waals surface area contributed by atoms with Crippen LogP contribution in [0, 0.1) is 31.0 Å². The molecule has 0 amide bonds. The summed E-state index contributed by atoms with van der Waals surface area (Å²) in [5.41, 5.74) is 4.43. The third-order valence-corrected chi connectivity index (χ3v) is 10.4. The zero-order valence-corrected chi connectivity index (χ0v) is 23.8. The molecule has 0 fully saturated rings. The Labute approximate surface area is 225 Å². The van der Waals surface area contributed by atoms with Crippen LogP contribution >= 0.6 is 23.1 Å². The number of aromatic nitrogens is 3. The highest BCUT2D eigenvalue weighted by Gasteiger charge is 2.34. The van der Waals surface area contributed by atoms with E-state index in [1.165, 1.54) is 22.6 Å². The lowest BCUT2D eigenvalue weighted by atomic mass is 9.70. The average molecular weight is 540 g/mol. The highest BCUT2D eigenvalue weighted by Crippen LogP contribution is 2.44. The molecule has 1 unspecified atom stereocenters. The van der Waals surface area contributed by atoms with Crippen molar-refractivity contribution in [3.8, 4) is 0 Å². The van der Waals surface area contributed by atoms with Crippen molar-refractivity contribution in [2.45, 2.75) is 84.2 Å². The Morgan fingerprint density at radius 2 is 2.00 bits per heavy atom. The van der Waals surface area contributed by atoms with Crippen LogP contribution in [-0.4, -0.2) is 14.7 Å². The van der Waals surface area contributed by atoms with Gasteiger partial charge in [-0.05, 0) is 74.1 Å². The molecule has 4 aromatic rings. The summed E-state index contributed by atoms with van der Waals surface area (Å²) in [5, 5.41) is 5.58. The van der Waals surface area contributed by atoms with Gasteiger partial charge in [-0.15, -0.1) is 11.3 Å². The van der Waals surface area contributed by atoms with Crippen LogP contribution in [0.5, 0.6) is 0 Å². The summed E-state index contributed by atoms with van der Waals surface area (Å²) in [6.45, 7) is 11.3. The van der Waals surface area contributed by atoms with Crippen LogP contribution in [0.15, 0.2) is 38.7 Å². The predicted molar refractivity (Wildman–Crippen MR) is 149 cm³/mol. The quantitative estimate of drug-likeness (QED) is 0.174. The van der Waals surface area contributed by atoms with Gasteiger partial charge in [0.15, 0.2) is 5.16 Å². The number of thiophene rings is 1. The van der Waals surface area contributed by atoms with Crippen molar-refractivity contribution >= 4 is 33.3 Å². The number of nitrogens with zero attached hydrogens (tertiary/aromatic N) is 3. The van der Waals surface area contributed by atoms with Crippen molar-refractivity contribution in [2.24, 2.45) is 11.3 Å². The summed E-state index contributed by atoms with van der Waals surface area (Å²) in [7, 11) is 0.